The van der Waals surface area contributed by atoms with Crippen molar-refractivity contribution in [3.8, 4) is 0 Å². The summed E-state index contributed by atoms with van der Waals surface area (Å²) in [5.41, 5.74) is 1.00. The quantitative estimate of drug-likeness (QED) is 0.570. The van der Waals surface area contributed by atoms with Gasteiger partial charge in [-0.2, -0.15) is 0 Å². The van der Waals surface area contributed by atoms with Crippen molar-refractivity contribution in [2.24, 2.45) is 0 Å². The zero-order chi connectivity index (χ0) is 19.2. The Hall–Kier alpha value is -2.32. The molecule has 28 heavy (non-hydrogen) atoms. The highest BCUT2D eigenvalue weighted by Crippen LogP contribution is 2.39. The predicted octanol–water partition coefficient (Wildman–Crippen LogP) is 4.59. The van der Waals surface area contributed by atoms with Crippen LogP contribution >= 0.6 is 23.1 Å². The number of furan rings is 1. The Morgan fingerprint density at radius 3 is 2.71 bits per heavy atom. The van der Waals surface area contributed by atoms with E-state index in [1.807, 2.05) is 47.4 Å². The van der Waals surface area contributed by atoms with Crippen molar-refractivity contribution in [1.29, 1.82) is 0 Å². The van der Waals surface area contributed by atoms with Crippen LogP contribution in [0.5, 0.6) is 0 Å². The fourth-order valence-corrected chi connectivity index (χ4v) is 5.20. The van der Waals surface area contributed by atoms with Crippen LogP contribution in [0.4, 0.5) is 5.13 Å². The Balaban J connectivity index is 1.47. The number of carbonyl (C=O) groups is 1. The van der Waals surface area contributed by atoms with Crippen molar-refractivity contribution in [2.45, 2.75) is 35.4 Å². The first-order valence-corrected chi connectivity index (χ1v) is 11.1. The Morgan fingerprint density at radius 1 is 1.14 bits per heavy atom. The van der Waals surface area contributed by atoms with Crippen molar-refractivity contribution in [2.75, 3.05) is 18.4 Å². The molecule has 6 nitrogen and oxygen atoms in total. The number of benzene rings is 1. The SMILES string of the molecule is O=C([C@H](Sc1nnc(NCc2ccco2)s1)c1ccccc1)N1CCCCC1. The molecule has 3 heterocycles. The topological polar surface area (TPSA) is 71.3 Å². The highest BCUT2D eigenvalue weighted by molar-refractivity contribution is 8.01. The molecule has 0 spiro atoms. The largest absolute Gasteiger partial charge is 0.467 e. The van der Waals surface area contributed by atoms with Crippen molar-refractivity contribution in [1.82, 2.24) is 15.1 Å². The molecule has 1 fully saturated rings. The monoisotopic (exact) mass is 414 g/mol. The molecule has 1 amide bonds. The van der Waals surface area contributed by atoms with Gasteiger partial charge in [-0.05, 0) is 37.0 Å². The number of nitrogens with one attached hydrogen (secondary N) is 1. The summed E-state index contributed by atoms with van der Waals surface area (Å²) in [5, 5.41) is 12.1. The molecule has 1 atom stereocenters. The molecule has 1 aliphatic rings. The fraction of sp³-hybridized carbons (Fsp3) is 0.350. The van der Waals surface area contributed by atoms with Crippen LogP contribution in [0.2, 0.25) is 0 Å². The Morgan fingerprint density at radius 2 is 1.96 bits per heavy atom. The van der Waals surface area contributed by atoms with Gasteiger partial charge in [0.1, 0.15) is 11.0 Å². The van der Waals surface area contributed by atoms with Crippen LogP contribution in [-0.4, -0.2) is 34.1 Å². The molecule has 0 saturated carbocycles. The maximum absolute atomic E-state index is 13.2. The van der Waals surface area contributed by atoms with Gasteiger partial charge in [0.2, 0.25) is 11.0 Å². The summed E-state index contributed by atoms with van der Waals surface area (Å²) in [7, 11) is 0. The molecule has 1 N–H and O–H groups in total. The lowest BCUT2D eigenvalue weighted by molar-refractivity contribution is -0.131. The molecule has 8 heteroatoms. The zero-order valence-corrected chi connectivity index (χ0v) is 17.0. The number of likely N-dealkylation sites (tertiary alicyclic amines) is 1. The van der Waals surface area contributed by atoms with Crippen LogP contribution in [0.25, 0.3) is 0 Å². The average molecular weight is 415 g/mol. The third-order valence-electron chi connectivity index (χ3n) is 4.61. The number of thioether (sulfide) groups is 1. The number of hydrogen-bond donors (Lipinski definition) is 1. The molecule has 2 aromatic heterocycles. The van der Waals surface area contributed by atoms with Crippen LogP contribution in [0.15, 0.2) is 57.5 Å². The number of amides is 1. The van der Waals surface area contributed by atoms with Crippen LogP contribution in [0.3, 0.4) is 0 Å². The van der Waals surface area contributed by atoms with Crippen molar-refractivity contribution >= 4 is 34.1 Å². The predicted molar refractivity (Wildman–Crippen MR) is 111 cm³/mol. The Bertz CT molecular complexity index is 877. The van der Waals surface area contributed by atoms with E-state index in [1.54, 1.807) is 6.26 Å². The van der Waals surface area contributed by atoms with E-state index < -0.39 is 0 Å². The maximum atomic E-state index is 13.2. The van der Waals surface area contributed by atoms with Gasteiger partial charge < -0.3 is 14.6 Å². The summed E-state index contributed by atoms with van der Waals surface area (Å²) < 4.78 is 6.10. The van der Waals surface area contributed by atoms with E-state index in [4.69, 9.17) is 4.42 Å². The van der Waals surface area contributed by atoms with Gasteiger partial charge in [-0.25, -0.2) is 0 Å². The second-order valence-corrected chi connectivity index (χ2v) is 8.93. The Labute approximate surface area is 172 Å². The second kappa shape index (κ2) is 9.25. The van der Waals surface area contributed by atoms with Gasteiger partial charge in [0.15, 0.2) is 4.34 Å². The lowest BCUT2D eigenvalue weighted by atomic mass is 10.1. The molecular formula is C20H22N4O2S2. The maximum Gasteiger partial charge on any atom is 0.240 e. The van der Waals surface area contributed by atoms with E-state index >= 15 is 0 Å². The minimum absolute atomic E-state index is 0.163. The van der Waals surface area contributed by atoms with Gasteiger partial charge in [0, 0.05) is 13.1 Å². The van der Waals surface area contributed by atoms with E-state index in [-0.39, 0.29) is 11.2 Å². The fourth-order valence-electron chi connectivity index (χ4n) is 3.17. The normalized spacial score (nSPS) is 15.4. The average Bonchev–Trinajstić information content (AvgIpc) is 3.43. The minimum atomic E-state index is -0.301. The minimum Gasteiger partial charge on any atom is -0.467 e. The molecule has 146 valence electrons. The van der Waals surface area contributed by atoms with Gasteiger partial charge in [0.05, 0.1) is 12.8 Å². The smallest absolute Gasteiger partial charge is 0.240 e. The van der Waals surface area contributed by atoms with Gasteiger partial charge >= 0.3 is 0 Å². The lowest BCUT2D eigenvalue weighted by Gasteiger charge is -2.30. The van der Waals surface area contributed by atoms with Gasteiger partial charge in [0.25, 0.3) is 0 Å². The first kappa shape index (κ1) is 19.0. The molecular weight excluding hydrogens is 392 g/mol. The molecule has 0 aliphatic carbocycles. The number of anilines is 1. The highest BCUT2D eigenvalue weighted by Gasteiger charge is 2.29. The molecule has 0 bridgehead atoms. The summed E-state index contributed by atoms with van der Waals surface area (Å²) in [4.78, 5) is 15.2. The summed E-state index contributed by atoms with van der Waals surface area (Å²) in [6.45, 7) is 2.24. The number of rotatable bonds is 7. The second-order valence-electron chi connectivity index (χ2n) is 6.60. The Kier molecular flexibility index (Phi) is 6.28. The first-order valence-electron chi connectivity index (χ1n) is 9.40. The molecule has 1 saturated heterocycles. The van der Waals surface area contributed by atoms with Gasteiger partial charge in [-0.15, -0.1) is 10.2 Å². The van der Waals surface area contributed by atoms with E-state index in [2.05, 4.69) is 15.5 Å². The molecule has 0 radical (unpaired) electrons. The highest BCUT2D eigenvalue weighted by atomic mass is 32.2. The summed E-state index contributed by atoms with van der Waals surface area (Å²) >= 11 is 2.94. The number of nitrogens with zero attached hydrogens (tertiary/aromatic N) is 3. The van der Waals surface area contributed by atoms with E-state index in [0.717, 1.165) is 46.7 Å². The third-order valence-corrected chi connectivity index (χ3v) is 6.82. The van der Waals surface area contributed by atoms with Crippen molar-refractivity contribution in [3.63, 3.8) is 0 Å². The van der Waals surface area contributed by atoms with Crippen molar-refractivity contribution < 1.29 is 9.21 Å². The van der Waals surface area contributed by atoms with Crippen LogP contribution in [0.1, 0.15) is 35.8 Å². The van der Waals surface area contributed by atoms with Crippen molar-refractivity contribution in [3.05, 3.63) is 60.1 Å². The zero-order valence-electron chi connectivity index (χ0n) is 15.4. The molecule has 0 unspecified atom stereocenters. The lowest BCUT2D eigenvalue weighted by Crippen LogP contribution is -2.38. The van der Waals surface area contributed by atoms with Crippen LogP contribution in [-0.2, 0) is 11.3 Å². The number of aromatic nitrogens is 2. The summed E-state index contributed by atoms with van der Waals surface area (Å²) in [5.74, 6) is 1.00. The van der Waals surface area contributed by atoms with E-state index in [1.165, 1.54) is 29.5 Å². The van der Waals surface area contributed by atoms with E-state index in [0.29, 0.717) is 6.54 Å². The number of piperidine rings is 1. The van der Waals surface area contributed by atoms with E-state index in [9.17, 15) is 4.79 Å². The van der Waals surface area contributed by atoms with Crippen LogP contribution < -0.4 is 5.32 Å². The molecule has 4 rings (SSSR count). The van der Waals surface area contributed by atoms with Gasteiger partial charge in [-0.3, -0.25) is 4.79 Å². The third kappa shape index (κ3) is 4.74. The number of carbonyl (C=O) groups excluding carboxylic acids is 1. The molecule has 1 aliphatic heterocycles. The molecule has 1 aromatic carbocycles. The number of hydrogen-bond acceptors (Lipinski definition) is 7. The summed E-state index contributed by atoms with van der Waals surface area (Å²) in [6, 6.07) is 13.7. The first-order chi connectivity index (χ1) is 13.8. The van der Waals surface area contributed by atoms with Gasteiger partial charge in [-0.1, -0.05) is 53.4 Å². The standard InChI is InChI=1S/C20H22N4O2S2/c25-18(24-11-5-2-6-12-24)17(15-8-3-1-4-9-15)27-20-23-22-19(28-20)21-14-16-10-7-13-26-16/h1,3-4,7-10,13,17H,2,5-6,11-12,14H2,(H,21,22)/t17-/m1/s1. The summed E-state index contributed by atoms with van der Waals surface area (Å²) in [6.07, 6.45) is 5.01. The van der Waals surface area contributed by atoms with Crippen LogP contribution in [0, 0.1) is 0 Å². The molecule has 3 aromatic rings.